The molecule has 94 valence electrons. The normalized spacial score (nSPS) is 11.6. The van der Waals surface area contributed by atoms with E-state index in [2.05, 4.69) is 0 Å². The SMILES string of the molecule is Cn1cccc(-c2cccc(C(F)(F)F)c2)c1=O. The van der Waals surface area contributed by atoms with E-state index in [1.54, 1.807) is 19.3 Å². The van der Waals surface area contributed by atoms with E-state index in [-0.39, 0.29) is 16.7 Å². The molecule has 0 N–H and O–H groups in total. The summed E-state index contributed by atoms with van der Waals surface area (Å²) < 4.78 is 39.1. The lowest BCUT2D eigenvalue weighted by molar-refractivity contribution is -0.137. The number of aryl methyl sites for hydroxylation is 1. The minimum Gasteiger partial charge on any atom is -0.318 e. The first-order chi connectivity index (χ1) is 8.39. The Hall–Kier alpha value is -2.04. The number of nitrogens with zero attached hydrogens (tertiary/aromatic N) is 1. The monoisotopic (exact) mass is 253 g/mol. The highest BCUT2D eigenvalue weighted by molar-refractivity contribution is 5.63. The smallest absolute Gasteiger partial charge is 0.318 e. The summed E-state index contributed by atoms with van der Waals surface area (Å²) in [6.45, 7) is 0. The van der Waals surface area contributed by atoms with Gasteiger partial charge in [0.15, 0.2) is 0 Å². The van der Waals surface area contributed by atoms with Crippen LogP contribution in [0, 0.1) is 0 Å². The molecule has 2 rings (SSSR count). The van der Waals surface area contributed by atoms with Gasteiger partial charge in [-0.1, -0.05) is 12.1 Å². The first-order valence-corrected chi connectivity index (χ1v) is 5.23. The summed E-state index contributed by atoms with van der Waals surface area (Å²) in [5, 5.41) is 0. The van der Waals surface area contributed by atoms with Gasteiger partial charge in [-0.15, -0.1) is 0 Å². The number of benzene rings is 1. The highest BCUT2D eigenvalue weighted by Gasteiger charge is 2.30. The summed E-state index contributed by atoms with van der Waals surface area (Å²) in [6.07, 6.45) is -2.85. The minimum absolute atomic E-state index is 0.256. The van der Waals surface area contributed by atoms with Crippen LogP contribution in [0.4, 0.5) is 13.2 Å². The quantitative estimate of drug-likeness (QED) is 0.765. The lowest BCUT2D eigenvalue weighted by atomic mass is 10.0. The summed E-state index contributed by atoms with van der Waals surface area (Å²) in [5.41, 5.74) is -0.556. The fraction of sp³-hybridized carbons (Fsp3) is 0.154. The van der Waals surface area contributed by atoms with E-state index in [1.165, 1.54) is 22.8 Å². The third-order valence-corrected chi connectivity index (χ3v) is 2.62. The fourth-order valence-corrected chi connectivity index (χ4v) is 1.68. The van der Waals surface area contributed by atoms with Gasteiger partial charge in [0.1, 0.15) is 0 Å². The molecule has 0 aliphatic heterocycles. The second-order valence-electron chi connectivity index (χ2n) is 3.92. The zero-order valence-electron chi connectivity index (χ0n) is 9.53. The average molecular weight is 253 g/mol. The molecule has 1 heterocycles. The lowest BCUT2D eigenvalue weighted by Crippen LogP contribution is -2.17. The number of pyridine rings is 1. The predicted octanol–water partition coefficient (Wildman–Crippen LogP) is 3.07. The third kappa shape index (κ3) is 2.30. The van der Waals surface area contributed by atoms with Gasteiger partial charge in [0.25, 0.3) is 5.56 Å². The van der Waals surface area contributed by atoms with Crippen LogP contribution in [0.2, 0.25) is 0 Å². The highest BCUT2D eigenvalue weighted by Crippen LogP contribution is 2.31. The van der Waals surface area contributed by atoms with Crippen LogP contribution in [-0.4, -0.2) is 4.57 Å². The van der Waals surface area contributed by atoms with Gasteiger partial charge in [0.05, 0.1) is 5.56 Å². The molecular formula is C13H10F3NO. The van der Waals surface area contributed by atoms with Crippen LogP contribution in [0.15, 0.2) is 47.4 Å². The molecule has 0 unspecified atom stereocenters. The molecule has 0 fully saturated rings. The van der Waals surface area contributed by atoms with Crippen molar-refractivity contribution in [2.24, 2.45) is 7.05 Å². The first-order valence-electron chi connectivity index (χ1n) is 5.23. The van der Waals surface area contributed by atoms with Crippen molar-refractivity contribution in [2.75, 3.05) is 0 Å². The van der Waals surface area contributed by atoms with Crippen molar-refractivity contribution >= 4 is 0 Å². The molecule has 0 radical (unpaired) electrons. The molecule has 0 spiro atoms. The van der Waals surface area contributed by atoms with Gasteiger partial charge in [-0.25, -0.2) is 0 Å². The third-order valence-electron chi connectivity index (χ3n) is 2.62. The van der Waals surface area contributed by atoms with Crippen LogP contribution in [0.25, 0.3) is 11.1 Å². The molecule has 0 saturated heterocycles. The summed E-state index contributed by atoms with van der Waals surface area (Å²) in [4.78, 5) is 11.8. The van der Waals surface area contributed by atoms with Crippen LogP contribution in [0.1, 0.15) is 5.56 Å². The van der Waals surface area contributed by atoms with Gasteiger partial charge >= 0.3 is 6.18 Å². The molecule has 0 bridgehead atoms. The number of hydrogen-bond acceptors (Lipinski definition) is 1. The summed E-state index contributed by atoms with van der Waals surface area (Å²) >= 11 is 0. The Balaban J connectivity index is 2.59. The molecule has 2 nitrogen and oxygen atoms in total. The largest absolute Gasteiger partial charge is 0.416 e. The van der Waals surface area contributed by atoms with Crippen LogP contribution in [-0.2, 0) is 13.2 Å². The minimum atomic E-state index is -4.41. The van der Waals surface area contributed by atoms with Crippen LogP contribution in [0.5, 0.6) is 0 Å². The van der Waals surface area contributed by atoms with Gasteiger partial charge in [-0.3, -0.25) is 4.79 Å². The van der Waals surface area contributed by atoms with Crippen molar-refractivity contribution in [1.29, 1.82) is 0 Å². The molecule has 1 aromatic heterocycles. The zero-order chi connectivity index (χ0) is 13.3. The molecule has 1 aromatic carbocycles. The predicted molar refractivity (Wildman–Crippen MR) is 62.1 cm³/mol. The van der Waals surface area contributed by atoms with E-state index < -0.39 is 11.7 Å². The Bertz CT molecular complexity index is 629. The molecule has 2 aromatic rings. The van der Waals surface area contributed by atoms with Crippen molar-refractivity contribution in [3.05, 3.63) is 58.5 Å². The molecule has 5 heteroatoms. The second-order valence-corrected chi connectivity index (χ2v) is 3.92. The van der Waals surface area contributed by atoms with E-state index >= 15 is 0 Å². The Kier molecular flexibility index (Phi) is 2.98. The maximum Gasteiger partial charge on any atom is 0.416 e. The Morgan fingerprint density at radius 1 is 1.11 bits per heavy atom. The molecule has 0 amide bonds. The number of hydrogen-bond donors (Lipinski definition) is 0. The Morgan fingerprint density at radius 3 is 2.50 bits per heavy atom. The van der Waals surface area contributed by atoms with E-state index in [1.807, 2.05) is 0 Å². The van der Waals surface area contributed by atoms with Gasteiger partial charge in [0, 0.05) is 18.8 Å². The van der Waals surface area contributed by atoms with Gasteiger partial charge in [-0.05, 0) is 29.8 Å². The van der Waals surface area contributed by atoms with Crippen molar-refractivity contribution in [2.45, 2.75) is 6.18 Å². The molecule has 0 aliphatic carbocycles. The molecule has 0 atom stereocenters. The van der Waals surface area contributed by atoms with Crippen molar-refractivity contribution in [3.8, 4) is 11.1 Å². The summed E-state index contributed by atoms with van der Waals surface area (Å²) in [6, 6.07) is 7.89. The highest BCUT2D eigenvalue weighted by atomic mass is 19.4. The zero-order valence-corrected chi connectivity index (χ0v) is 9.53. The van der Waals surface area contributed by atoms with Crippen molar-refractivity contribution < 1.29 is 13.2 Å². The second kappa shape index (κ2) is 4.33. The molecule has 0 saturated carbocycles. The molecular weight excluding hydrogens is 243 g/mol. The number of aromatic nitrogens is 1. The van der Waals surface area contributed by atoms with Crippen LogP contribution >= 0.6 is 0 Å². The maximum absolute atomic E-state index is 12.6. The van der Waals surface area contributed by atoms with Crippen LogP contribution in [0.3, 0.4) is 0 Å². The lowest BCUT2D eigenvalue weighted by Gasteiger charge is -2.09. The Morgan fingerprint density at radius 2 is 1.83 bits per heavy atom. The average Bonchev–Trinajstić information content (AvgIpc) is 2.32. The summed E-state index contributed by atoms with van der Waals surface area (Å²) in [7, 11) is 1.56. The van der Waals surface area contributed by atoms with Crippen molar-refractivity contribution in [1.82, 2.24) is 4.57 Å². The van der Waals surface area contributed by atoms with E-state index in [0.717, 1.165) is 12.1 Å². The topological polar surface area (TPSA) is 22.0 Å². The van der Waals surface area contributed by atoms with E-state index in [0.29, 0.717) is 0 Å². The number of alkyl halides is 3. The van der Waals surface area contributed by atoms with Crippen molar-refractivity contribution in [3.63, 3.8) is 0 Å². The van der Waals surface area contributed by atoms with Gasteiger partial charge < -0.3 is 4.57 Å². The standard InChI is InChI=1S/C13H10F3NO/c1-17-7-3-6-11(12(17)18)9-4-2-5-10(8-9)13(14,15)16/h2-8H,1H3. The van der Waals surface area contributed by atoms with E-state index in [9.17, 15) is 18.0 Å². The fourth-order valence-electron chi connectivity index (χ4n) is 1.68. The number of halogens is 3. The Labute approximate surface area is 101 Å². The van der Waals surface area contributed by atoms with Gasteiger partial charge in [-0.2, -0.15) is 13.2 Å². The number of rotatable bonds is 1. The first kappa shape index (κ1) is 12.4. The van der Waals surface area contributed by atoms with Crippen LogP contribution < -0.4 is 5.56 Å². The molecule has 0 aliphatic rings. The maximum atomic E-state index is 12.6. The summed E-state index contributed by atoms with van der Waals surface area (Å²) in [5.74, 6) is 0. The molecule has 18 heavy (non-hydrogen) atoms. The van der Waals surface area contributed by atoms with E-state index in [4.69, 9.17) is 0 Å². The van der Waals surface area contributed by atoms with Gasteiger partial charge in [0.2, 0.25) is 0 Å².